The van der Waals surface area contributed by atoms with E-state index in [1.165, 1.54) is 75.3 Å². The van der Waals surface area contributed by atoms with Crippen LogP contribution in [-0.4, -0.2) is 9.13 Å². The molecule has 0 amide bonds. The SMILES string of the molecule is O=c1c2ccccc2n(-c2ccc(C3CCCCC3)cc2)c2cc3c(=O)c4ccccc4n(-c4ccc(C5CCCCC5)cc4)c3cc12. The van der Waals surface area contributed by atoms with Crippen LogP contribution in [0.15, 0.2) is 119 Å². The minimum atomic E-state index is -0.0163. The van der Waals surface area contributed by atoms with Gasteiger partial charge >= 0.3 is 0 Å². The second-order valence-electron chi connectivity index (χ2n) is 14.1. The zero-order chi connectivity index (χ0) is 32.2. The Morgan fingerprint density at radius 2 is 0.771 bits per heavy atom. The molecule has 2 heterocycles. The molecule has 2 aliphatic carbocycles. The van der Waals surface area contributed by atoms with Crippen LogP contribution in [0, 0.1) is 0 Å². The standard InChI is InChI=1S/C44H40N2O2/c47-43-35-15-7-9-17-39(35)45(33-23-19-31(20-24-33)29-11-3-1-4-12-29)41-27-38-42(28-37(41)43)46(40-18-10-8-16-36(40)44(38)48)34-25-21-32(22-26-34)30-13-5-2-6-14-30/h7-10,15-30H,1-6,11-14H2. The van der Waals surface area contributed by atoms with Crippen molar-refractivity contribution in [2.45, 2.75) is 76.0 Å². The Kier molecular flexibility index (Phi) is 7.26. The van der Waals surface area contributed by atoms with Gasteiger partial charge in [-0.25, -0.2) is 0 Å². The summed E-state index contributed by atoms with van der Waals surface area (Å²) in [7, 11) is 0. The molecular formula is C44H40N2O2. The maximum absolute atomic E-state index is 14.3. The van der Waals surface area contributed by atoms with Gasteiger partial charge in [-0.05, 0) is 109 Å². The van der Waals surface area contributed by atoms with Gasteiger partial charge < -0.3 is 9.13 Å². The zero-order valence-corrected chi connectivity index (χ0v) is 27.3. The summed E-state index contributed by atoms with van der Waals surface area (Å²) < 4.78 is 4.35. The maximum atomic E-state index is 14.3. The molecule has 4 heteroatoms. The molecular weight excluding hydrogens is 588 g/mol. The van der Waals surface area contributed by atoms with Crippen molar-refractivity contribution in [2.24, 2.45) is 0 Å². The van der Waals surface area contributed by atoms with Crippen molar-refractivity contribution in [3.63, 3.8) is 0 Å². The van der Waals surface area contributed by atoms with Gasteiger partial charge in [-0.15, -0.1) is 0 Å². The van der Waals surface area contributed by atoms with E-state index in [-0.39, 0.29) is 10.9 Å². The first-order chi connectivity index (χ1) is 23.7. The lowest BCUT2D eigenvalue weighted by Crippen LogP contribution is -2.14. The third-order valence-corrected chi connectivity index (χ3v) is 11.3. The number of aromatic nitrogens is 2. The van der Waals surface area contributed by atoms with E-state index >= 15 is 0 Å². The lowest BCUT2D eigenvalue weighted by atomic mass is 9.84. The van der Waals surface area contributed by atoms with E-state index in [9.17, 15) is 9.59 Å². The van der Waals surface area contributed by atoms with Crippen molar-refractivity contribution in [3.05, 3.63) is 141 Å². The Morgan fingerprint density at radius 1 is 0.396 bits per heavy atom. The largest absolute Gasteiger partial charge is 0.309 e. The van der Waals surface area contributed by atoms with E-state index in [0.29, 0.717) is 33.4 Å². The van der Waals surface area contributed by atoms with E-state index in [1.54, 1.807) is 0 Å². The summed E-state index contributed by atoms with van der Waals surface area (Å²) >= 11 is 0. The molecule has 238 valence electrons. The number of rotatable bonds is 4. The minimum Gasteiger partial charge on any atom is -0.309 e. The van der Waals surface area contributed by atoms with Crippen molar-refractivity contribution < 1.29 is 0 Å². The number of benzene rings is 5. The predicted molar refractivity (Wildman–Crippen MR) is 199 cm³/mol. The van der Waals surface area contributed by atoms with Crippen molar-refractivity contribution in [1.29, 1.82) is 0 Å². The van der Waals surface area contributed by atoms with Crippen LogP contribution in [0.25, 0.3) is 55.0 Å². The molecule has 0 aliphatic heterocycles. The lowest BCUT2D eigenvalue weighted by Gasteiger charge is -2.23. The van der Waals surface area contributed by atoms with Gasteiger partial charge in [0.2, 0.25) is 0 Å². The maximum Gasteiger partial charge on any atom is 0.197 e. The highest BCUT2D eigenvalue weighted by Crippen LogP contribution is 2.36. The molecule has 48 heavy (non-hydrogen) atoms. The van der Waals surface area contributed by atoms with Crippen LogP contribution < -0.4 is 10.9 Å². The summed E-state index contributed by atoms with van der Waals surface area (Å²) in [5, 5.41) is 2.57. The van der Waals surface area contributed by atoms with Gasteiger partial charge in [-0.1, -0.05) is 87.1 Å². The Morgan fingerprint density at radius 3 is 1.17 bits per heavy atom. The van der Waals surface area contributed by atoms with E-state index in [4.69, 9.17) is 0 Å². The van der Waals surface area contributed by atoms with Crippen molar-refractivity contribution in [2.75, 3.05) is 0 Å². The topological polar surface area (TPSA) is 44.0 Å². The van der Waals surface area contributed by atoms with E-state index < -0.39 is 0 Å². The van der Waals surface area contributed by atoms with Crippen LogP contribution in [0.5, 0.6) is 0 Å². The second kappa shape index (κ2) is 11.9. The fourth-order valence-corrected chi connectivity index (χ4v) is 8.80. The predicted octanol–water partition coefficient (Wildman–Crippen LogP) is 10.7. The summed E-state index contributed by atoms with van der Waals surface area (Å²) in [6.07, 6.45) is 12.9. The number of fused-ring (bicyclic) bond motifs is 4. The smallest absolute Gasteiger partial charge is 0.197 e. The average molecular weight is 629 g/mol. The molecule has 0 spiro atoms. The van der Waals surface area contributed by atoms with Gasteiger partial charge in [0, 0.05) is 32.9 Å². The highest BCUT2D eigenvalue weighted by atomic mass is 16.1. The normalized spacial score (nSPS) is 16.3. The first kappa shape index (κ1) is 29.2. The highest BCUT2D eigenvalue weighted by Gasteiger charge is 2.21. The van der Waals surface area contributed by atoms with Crippen LogP contribution >= 0.6 is 0 Å². The summed E-state index contributed by atoms with van der Waals surface area (Å²) in [4.78, 5) is 28.6. The molecule has 2 aliphatic rings. The molecule has 5 aromatic carbocycles. The van der Waals surface area contributed by atoms with E-state index in [0.717, 1.165) is 33.4 Å². The summed E-state index contributed by atoms with van der Waals surface area (Å²) in [6.45, 7) is 0. The quantitative estimate of drug-likeness (QED) is 0.182. The fraction of sp³-hybridized carbons (Fsp3) is 0.273. The highest BCUT2D eigenvalue weighted by molar-refractivity contribution is 6.05. The number of nitrogens with zero attached hydrogens (tertiary/aromatic N) is 2. The van der Waals surface area contributed by atoms with Crippen LogP contribution in [0.1, 0.15) is 87.2 Å². The van der Waals surface area contributed by atoms with Crippen molar-refractivity contribution in [3.8, 4) is 11.4 Å². The van der Waals surface area contributed by atoms with Gasteiger partial charge in [0.25, 0.3) is 0 Å². The van der Waals surface area contributed by atoms with Gasteiger partial charge in [-0.2, -0.15) is 0 Å². The van der Waals surface area contributed by atoms with Gasteiger partial charge in [-0.3, -0.25) is 9.59 Å². The molecule has 2 fully saturated rings. The van der Waals surface area contributed by atoms with Crippen molar-refractivity contribution in [1.82, 2.24) is 9.13 Å². The Bertz CT molecular complexity index is 2270. The monoisotopic (exact) mass is 628 g/mol. The van der Waals surface area contributed by atoms with E-state index in [1.807, 2.05) is 60.7 Å². The summed E-state index contributed by atoms with van der Waals surface area (Å²) in [6, 6.07) is 37.5. The zero-order valence-electron chi connectivity index (χ0n) is 27.3. The number of hydrogen-bond donors (Lipinski definition) is 0. The molecule has 2 saturated carbocycles. The Hall–Kier alpha value is -4.96. The van der Waals surface area contributed by atoms with Crippen LogP contribution in [0.4, 0.5) is 0 Å². The summed E-state index contributed by atoms with van der Waals surface area (Å²) in [5.74, 6) is 1.23. The number of hydrogen-bond acceptors (Lipinski definition) is 2. The molecule has 2 aromatic heterocycles. The molecule has 0 saturated heterocycles. The van der Waals surface area contributed by atoms with Gasteiger partial charge in [0.15, 0.2) is 10.9 Å². The van der Waals surface area contributed by atoms with Crippen LogP contribution in [0.3, 0.4) is 0 Å². The summed E-state index contributed by atoms with van der Waals surface area (Å²) in [5.41, 5.74) is 7.94. The number of para-hydroxylation sites is 2. The van der Waals surface area contributed by atoms with E-state index in [2.05, 4.69) is 57.7 Å². The molecule has 4 nitrogen and oxygen atoms in total. The third kappa shape index (κ3) is 4.80. The van der Waals surface area contributed by atoms with Crippen LogP contribution in [0.2, 0.25) is 0 Å². The van der Waals surface area contributed by atoms with Crippen molar-refractivity contribution >= 4 is 43.6 Å². The fourth-order valence-electron chi connectivity index (χ4n) is 8.80. The second-order valence-corrected chi connectivity index (χ2v) is 14.1. The molecule has 0 bridgehead atoms. The Balaban J connectivity index is 1.30. The third-order valence-electron chi connectivity index (χ3n) is 11.3. The molecule has 0 atom stereocenters. The molecule has 0 N–H and O–H groups in total. The molecule has 7 aromatic rings. The first-order valence-electron chi connectivity index (χ1n) is 17.9. The van der Waals surface area contributed by atoms with Crippen LogP contribution in [-0.2, 0) is 0 Å². The molecule has 9 rings (SSSR count). The Labute approximate surface area is 280 Å². The van der Waals surface area contributed by atoms with Gasteiger partial charge in [0.1, 0.15) is 0 Å². The average Bonchev–Trinajstić information content (AvgIpc) is 3.16. The molecule has 0 unspecified atom stereocenters. The first-order valence-corrected chi connectivity index (χ1v) is 17.9. The minimum absolute atomic E-state index is 0.0163. The molecule has 0 radical (unpaired) electrons. The van der Waals surface area contributed by atoms with Gasteiger partial charge in [0.05, 0.1) is 22.1 Å². The number of pyridine rings is 2. The lowest BCUT2D eigenvalue weighted by molar-refractivity contribution is 0.443.